The van der Waals surface area contributed by atoms with E-state index in [0.717, 1.165) is 30.2 Å². The van der Waals surface area contributed by atoms with Gasteiger partial charge in [-0.1, -0.05) is 27.7 Å². The van der Waals surface area contributed by atoms with Crippen LogP contribution >= 0.6 is 11.8 Å². The molecule has 0 saturated carbocycles. The molecule has 0 aliphatic carbocycles. The van der Waals surface area contributed by atoms with E-state index in [9.17, 15) is 0 Å². The van der Waals surface area contributed by atoms with E-state index in [4.69, 9.17) is 5.73 Å². The smallest absolute Gasteiger partial charge is 0.223 e. The van der Waals surface area contributed by atoms with Crippen LogP contribution in [-0.2, 0) is 12.2 Å². The topological polar surface area (TPSA) is 64.7 Å². The van der Waals surface area contributed by atoms with E-state index < -0.39 is 0 Å². The second kappa shape index (κ2) is 5.48. The van der Waals surface area contributed by atoms with Gasteiger partial charge in [-0.2, -0.15) is 9.97 Å². The molecule has 90 valence electrons. The van der Waals surface area contributed by atoms with Crippen molar-refractivity contribution in [2.24, 2.45) is 0 Å². The Balaban J connectivity index is 2.72. The van der Waals surface area contributed by atoms with Crippen LogP contribution in [0.2, 0.25) is 0 Å². The van der Waals surface area contributed by atoms with Gasteiger partial charge in [0.25, 0.3) is 0 Å². The summed E-state index contributed by atoms with van der Waals surface area (Å²) in [5.41, 5.74) is 5.66. The lowest BCUT2D eigenvalue weighted by Gasteiger charge is -2.16. The SMILES string of the molecule is CCCc1nc(N)nc(CSC(C)(C)C)n1. The van der Waals surface area contributed by atoms with Gasteiger partial charge >= 0.3 is 0 Å². The molecule has 0 atom stereocenters. The molecule has 1 heterocycles. The largest absolute Gasteiger partial charge is 0.368 e. The van der Waals surface area contributed by atoms with E-state index in [-0.39, 0.29) is 4.75 Å². The van der Waals surface area contributed by atoms with Gasteiger partial charge in [0.1, 0.15) is 11.6 Å². The van der Waals surface area contributed by atoms with Crippen LogP contribution in [0.1, 0.15) is 45.8 Å². The van der Waals surface area contributed by atoms with Gasteiger partial charge in [0.15, 0.2) is 0 Å². The number of thioether (sulfide) groups is 1. The van der Waals surface area contributed by atoms with E-state index in [1.807, 2.05) is 11.8 Å². The fourth-order valence-electron chi connectivity index (χ4n) is 1.17. The van der Waals surface area contributed by atoms with Crippen LogP contribution in [0.5, 0.6) is 0 Å². The normalized spacial score (nSPS) is 11.8. The Bertz CT molecular complexity index is 346. The van der Waals surface area contributed by atoms with Crippen molar-refractivity contribution in [2.75, 3.05) is 5.73 Å². The Morgan fingerprint density at radius 1 is 1.12 bits per heavy atom. The Morgan fingerprint density at radius 2 is 1.75 bits per heavy atom. The predicted octanol–water partition coefficient (Wildman–Crippen LogP) is 2.44. The van der Waals surface area contributed by atoms with Gasteiger partial charge in [-0.05, 0) is 6.42 Å². The van der Waals surface area contributed by atoms with Crippen LogP contribution in [0.25, 0.3) is 0 Å². The number of nitrogen functional groups attached to an aromatic ring is 1. The third-order valence-electron chi connectivity index (χ3n) is 1.85. The summed E-state index contributed by atoms with van der Waals surface area (Å²) in [5.74, 6) is 2.71. The molecule has 5 heteroatoms. The number of aryl methyl sites for hydroxylation is 1. The summed E-state index contributed by atoms with van der Waals surface area (Å²) in [5, 5.41) is 0. The molecule has 4 nitrogen and oxygen atoms in total. The molecule has 0 bridgehead atoms. The zero-order valence-corrected chi connectivity index (χ0v) is 11.3. The first-order chi connectivity index (χ1) is 7.40. The monoisotopic (exact) mass is 240 g/mol. The quantitative estimate of drug-likeness (QED) is 0.875. The molecular formula is C11H20N4S. The highest BCUT2D eigenvalue weighted by Crippen LogP contribution is 2.25. The third kappa shape index (κ3) is 4.79. The van der Waals surface area contributed by atoms with Gasteiger partial charge in [0, 0.05) is 11.2 Å². The molecule has 0 spiro atoms. The molecule has 16 heavy (non-hydrogen) atoms. The zero-order chi connectivity index (χ0) is 12.2. The summed E-state index contributed by atoms with van der Waals surface area (Å²) in [6.07, 6.45) is 1.88. The van der Waals surface area contributed by atoms with E-state index in [0.29, 0.717) is 5.95 Å². The van der Waals surface area contributed by atoms with Crippen LogP contribution in [0.15, 0.2) is 0 Å². The second-order valence-corrected chi connectivity index (χ2v) is 6.48. The van der Waals surface area contributed by atoms with E-state index in [2.05, 4.69) is 42.6 Å². The number of hydrogen-bond acceptors (Lipinski definition) is 5. The number of rotatable bonds is 4. The fraction of sp³-hybridized carbons (Fsp3) is 0.727. The predicted molar refractivity (Wildman–Crippen MR) is 69.3 cm³/mol. The second-order valence-electron chi connectivity index (χ2n) is 4.68. The van der Waals surface area contributed by atoms with Gasteiger partial charge < -0.3 is 5.73 Å². The van der Waals surface area contributed by atoms with Crippen molar-refractivity contribution in [3.63, 3.8) is 0 Å². The van der Waals surface area contributed by atoms with Gasteiger partial charge in [-0.25, -0.2) is 4.98 Å². The highest BCUT2D eigenvalue weighted by Gasteiger charge is 2.12. The van der Waals surface area contributed by atoms with Crippen molar-refractivity contribution >= 4 is 17.7 Å². The first kappa shape index (κ1) is 13.2. The van der Waals surface area contributed by atoms with Crippen LogP contribution in [-0.4, -0.2) is 19.7 Å². The summed E-state index contributed by atoms with van der Waals surface area (Å²) >= 11 is 1.81. The molecule has 1 aromatic rings. The van der Waals surface area contributed by atoms with E-state index >= 15 is 0 Å². The van der Waals surface area contributed by atoms with Crippen molar-refractivity contribution in [3.8, 4) is 0 Å². The summed E-state index contributed by atoms with van der Waals surface area (Å²) in [4.78, 5) is 12.7. The third-order valence-corrected chi connectivity index (χ3v) is 3.12. The maximum absolute atomic E-state index is 5.66. The standard InChI is InChI=1S/C11H20N4S/c1-5-6-8-13-9(15-10(12)14-8)7-16-11(2,3)4/h5-7H2,1-4H3,(H2,12,13,14,15). The lowest BCUT2D eigenvalue weighted by Crippen LogP contribution is -2.11. The van der Waals surface area contributed by atoms with E-state index in [1.165, 1.54) is 0 Å². The molecule has 0 aliphatic rings. The average molecular weight is 240 g/mol. The van der Waals surface area contributed by atoms with Crippen molar-refractivity contribution < 1.29 is 0 Å². The van der Waals surface area contributed by atoms with Crippen molar-refractivity contribution in [1.29, 1.82) is 0 Å². The Labute approximate surface area is 101 Å². The number of nitrogens with zero attached hydrogens (tertiary/aromatic N) is 3. The minimum absolute atomic E-state index is 0.215. The fourth-order valence-corrected chi connectivity index (χ4v) is 1.86. The van der Waals surface area contributed by atoms with Gasteiger partial charge in [0.2, 0.25) is 5.95 Å². The molecule has 0 aliphatic heterocycles. The molecule has 0 amide bonds. The van der Waals surface area contributed by atoms with Crippen LogP contribution in [0.3, 0.4) is 0 Å². The first-order valence-electron chi connectivity index (χ1n) is 5.54. The molecular weight excluding hydrogens is 220 g/mol. The lowest BCUT2D eigenvalue weighted by atomic mass is 10.3. The number of anilines is 1. The average Bonchev–Trinajstić information content (AvgIpc) is 2.13. The molecule has 2 N–H and O–H groups in total. The van der Waals surface area contributed by atoms with Crippen molar-refractivity contribution in [1.82, 2.24) is 15.0 Å². The molecule has 0 aromatic carbocycles. The lowest BCUT2D eigenvalue weighted by molar-refractivity contribution is 0.787. The van der Waals surface area contributed by atoms with Gasteiger partial charge in [-0.15, -0.1) is 11.8 Å². The molecule has 1 aromatic heterocycles. The van der Waals surface area contributed by atoms with Gasteiger partial charge in [0.05, 0.1) is 5.75 Å². The molecule has 0 saturated heterocycles. The van der Waals surface area contributed by atoms with Crippen LogP contribution < -0.4 is 5.73 Å². The maximum atomic E-state index is 5.66. The highest BCUT2D eigenvalue weighted by atomic mass is 32.2. The van der Waals surface area contributed by atoms with Crippen LogP contribution in [0.4, 0.5) is 5.95 Å². The zero-order valence-electron chi connectivity index (χ0n) is 10.4. The molecule has 0 radical (unpaired) electrons. The first-order valence-corrected chi connectivity index (χ1v) is 6.52. The summed E-state index contributed by atoms with van der Waals surface area (Å²) in [7, 11) is 0. The number of nitrogens with two attached hydrogens (primary N) is 1. The highest BCUT2D eigenvalue weighted by molar-refractivity contribution is 7.99. The number of aromatic nitrogens is 3. The molecule has 0 fully saturated rings. The Morgan fingerprint density at radius 3 is 2.31 bits per heavy atom. The minimum Gasteiger partial charge on any atom is -0.368 e. The van der Waals surface area contributed by atoms with Crippen molar-refractivity contribution in [2.45, 2.75) is 51.0 Å². The van der Waals surface area contributed by atoms with Crippen molar-refractivity contribution in [3.05, 3.63) is 11.6 Å². The summed E-state index contributed by atoms with van der Waals surface area (Å²) in [6, 6.07) is 0. The van der Waals surface area contributed by atoms with Gasteiger partial charge in [-0.3, -0.25) is 0 Å². The minimum atomic E-state index is 0.215. The van der Waals surface area contributed by atoms with E-state index in [1.54, 1.807) is 0 Å². The molecule has 1 rings (SSSR count). The summed E-state index contributed by atoms with van der Waals surface area (Å²) in [6.45, 7) is 8.63. The maximum Gasteiger partial charge on any atom is 0.223 e. The Hall–Kier alpha value is -0.840. The summed E-state index contributed by atoms with van der Waals surface area (Å²) < 4.78 is 0.215. The number of hydrogen-bond donors (Lipinski definition) is 1. The Kier molecular flexibility index (Phi) is 4.53. The van der Waals surface area contributed by atoms with Crippen LogP contribution in [0, 0.1) is 0 Å². The molecule has 0 unspecified atom stereocenters.